The number of anilines is 1. The van der Waals surface area contributed by atoms with Crippen molar-refractivity contribution in [3.8, 4) is 5.75 Å². The van der Waals surface area contributed by atoms with Gasteiger partial charge in [-0.1, -0.05) is 6.07 Å². The quantitative estimate of drug-likeness (QED) is 0.886. The second-order valence-electron chi connectivity index (χ2n) is 5.11. The molecule has 24 heavy (non-hydrogen) atoms. The normalized spacial score (nSPS) is 10.1. The number of rotatable bonds is 6. The van der Waals surface area contributed by atoms with Crippen molar-refractivity contribution in [3.05, 3.63) is 59.9 Å². The number of likely N-dealkylation sites (N-methyl/N-ethyl adjacent to an activating group) is 1. The van der Waals surface area contributed by atoms with E-state index in [9.17, 15) is 14.0 Å². The van der Waals surface area contributed by atoms with Crippen LogP contribution >= 0.6 is 0 Å². The zero-order valence-electron chi connectivity index (χ0n) is 13.6. The predicted molar refractivity (Wildman–Crippen MR) is 89.6 cm³/mol. The fourth-order valence-electron chi connectivity index (χ4n) is 2.18. The first kappa shape index (κ1) is 17.5. The lowest BCUT2D eigenvalue weighted by Crippen LogP contribution is -2.37. The van der Waals surface area contributed by atoms with E-state index in [1.165, 1.54) is 23.1 Å². The van der Waals surface area contributed by atoms with E-state index in [0.29, 0.717) is 18.0 Å². The Balaban J connectivity index is 2.00. The van der Waals surface area contributed by atoms with Crippen molar-refractivity contribution in [2.75, 3.05) is 25.5 Å². The molecule has 0 atom stereocenters. The van der Waals surface area contributed by atoms with Crippen molar-refractivity contribution in [2.24, 2.45) is 0 Å². The third-order valence-corrected chi connectivity index (χ3v) is 3.45. The van der Waals surface area contributed by atoms with Crippen molar-refractivity contribution < 1.29 is 18.7 Å². The third-order valence-electron chi connectivity index (χ3n) is 3.45. The van der Waals surface area contributed by atoms with Gasteiger partial charge >= 0.3 is 0 Å². The van der Waals surface area contributed by atoms with Gasteiger partial charge in [-0.15, -0.1) is 0 Å². The number of hydrogen-bond acceptors (Lipinski definition) is 3. The number of hydrogen-bond donors (Lipinski definition) is 1. The minimum Gasteiger partial charge on any atom is -0.497 e. The van der Waals surface area contributed by atoms with Gasteiger partial charge in [-0.25, -0.2) is 4.39 Å². The van der Waals surface area contributed by atoms with Gasteiger partial charge in [0.2, 0.25) is 5.91 Å². The van der Waals surface area contributed by atoms with Gasteiger partial charge in [0, 0.05) is 17.8 Å². The molecule has 0 aromatic heterocycles. The minimum absolute atomic E-state index is 0.113. The molecule has 0 radical (unpaired) electrons. The fraction of sp³-hybridized carbons (Fsp3) is 0.222. The number of benzene rings is 2. The minimum atomic E-state index is -0.486. The lowest BCUT2D eigenvalue weighted by molar-refractivity contribution is -0.116. The van der Waals surface area contributed by atoms with Gasteiger partial charge in [0.25, 0.3) is 5.91 Å². The summed E-state index contributed by atoms with van der Waals surface area (Å²) in [6.07, 6.45) is 0. The smallest absolute Gasteiger partial charge is 0.254 e. The summed E-state index contributed by atoms with van der Waals surface area (Å²) in [5.41, 5.74) is 0.823. The maximum Gasteiger partial charge on any atom is 0.254 e. The van der Waals surface area contributed by atoms with Crippen molar-refractivity contribution in [1.82, 2.24) is 4.90 Å². The second-order valence-corrected chi connectivity index (χ2v) is 5.11. The summed E-state index contributed by atoms with van der Waals surface area (Å²) < 4.78 is 18.3. The van der Waals surface area contributed by atoms with Crippen molar-refractivity contribution in [3.63, 3.8) is 0 Å². The van der Waals surface area contributed by atoms with Crippen LogP contribution in [-0.2, 0) is 4.79 Å². The Labute approximate surface area is 140 Å². The van der Waals surface area contributed by atoms with Crippen LogP contribution in [0.1, 0.15) is 17.3 Å². The molecule has 0 spiro atoms. The van der Waals surface area contributed by atoms with Crippen LogP contribution in [0.2, 0.25) is 0 Å². The molecule has 0 aliphatic heterocycles. The molecule has 2 aromatic carbocycles. The van der Waals surface area contributed by atoms with E-state index in [1.54, 1.807) is 38.3 Å². The highest BCUT2D eigenvalue weighted by Crippen LogP contribution is 2.15. The number of nitrogens with zero attached hydrogens (tertiary/aromatic N) is 1. The van der Waals surface area contributed by atoms with E-state index in [0.717, 1.165) is 6.07 Å². The number of carbonyl (C=O) groups excluding carboxylic acids is 2. The molecule has 0 unspecified atom stereocenters. The maximum atomic E-state index is 13.2. The SMILES string of the molecule is CCN(CC(=O)Nc1ccc(OC)cc1)C(=O)c1cccc(F)c1. The molecule has 1 N–H and O–H groups in total. The van der Waals surface area contributed by atoms with Gasteiger partial charge in [-0.05, 0) is 49.4 Å². The third kappa shape index (κ3) is 4.55. The van der Waals surface area contributed by atoms with E-state index in [-0.39, 0.29) is 23.9 Å². The number of carbonyl (C=O) groups is 2. The van der Waals surface area contributed by atoms with Crippen molar-refractivity contribution >= 4 is 17.5 Å². The number of methoxy groups -OCH3 is 1. The molecule has 2 aromatic rings. The maximum absolute atomic E-state index is 13.2. The van der Waals surface area contributed by atoms with Crippen LogP contribution in [0.25, 0.3) is 0 Å². The Kier molecular flexibility index (Phi) is 5.89. The number of ether oxygens (including phenoxy) is 1. The highest BCUT2D eigenvalue weighted by atomic mass is 19.1. The molecule has 0 bridgehead atoms. The summed E-state index contributed by atoms with van der Waals surface area (Å²) in [4.78, 5) is 25.8. The zero-order valence-corrected chi connectivity index (χ0v) is 13.6. The van der Waals surface area contributed by atoms with Crippen LogP contribution in [0.5, 0.6) is 5.75 Å². The molecule has 0 aliphatic carbocycles. The Morgan fingerprint density at radius 1 is 1.17 bits per heavy atom. The summed E-state index contributed by atoms with van der Waals surface area (Å²) in [7, 11) is 1.56. The van der Waals surface area contributed by atoms with Crippen LogP contribution in [0, 0.1) is 5.82 Å². The second kappa shape index (κ2) is 8.10. The van der Waals surface area contributed by atoms with Gasteiger partial charge in [-0.2, -0.15) is 0 Å². The summed E-state index contributed by atoms with van der Waals surface area (Å²) in [5, 5.41) is 2.71. The number of amides is 2. The zero-order chi connectivity index (χ0) is 17.5. The van der Waals surface area contributed by atoms with Gasteiger partial charge in [-0.3, -0.25) is 9.59 Å². The van der Waals surface area contributed by atoms with Crippen LogP contribution in [0.15, 0.2) is 48.5 Å². The Hall–Kier alpha value is -2.89. The predicted octanol–water partition coefficient (Wildman–Crippen LogP) is 2.94. The molecule has 126 valence electrons. The molecule has 5 nitrogen and oxygen atoms in total. The Morgan fingerprint density at radius 2 is 1.88 bits per heavy atom. The topological polar surface area (TPSA) is 58.6 Å². The van der Waals surface area contributed by atoms with Gasteiger partial charge in [0.05, 0.1) is 7.11 Å². The van der Waals surface area contributed by atoms with Crippen LogP contribution in [0.4, 0.5) is 10.1 Å². The summed E-state index contributed by atoms with van der Waals surface area (Å²) in [6, 6.07) is 12.3. The van der Waals surface area contributed by atoms with Gasteiger partial charge < -0.3 is 15.0 Å². The Bertz CT molecular complexity index is 716. The highest BCUT2D eigenvalue weighted by molar-refractivity contribution is 5.99. The van der Waals surface area contributed by atoms with Crippen LogP contribution < -0.4 is 10.1 Å². The van der Waals surface area contributed by atoms with Crippen molar-refractivity contribution in [2.45, 2.75) is 6.92 Å². The van der Waals surface area contributed by atoms with E-state index in [2.05, 4.69) is 5.32 Å². The number of halogens is 1. The molecule has 0 saturated carbocycles. The Morgan fingerprint density at radius 3 is 2.46 bits per heavy atom. The van der Waals surface area contributed by atoms with Crippen LogP contribution in [-0.4, -0.2) is 36.9 Å². The van der Waals surface area contributed by atoms with Gasteiger partial charge in [0.15, 0.2) is 0 Å². The first-order chi connectivity index (χ1) is 11.5. The lowest BCUT2D eigenvalue weighted by Gasteiger charge is -2.20. The highest BCUT2D eigenvalue weighted by Gasteiger charge is 2.17. The van der Waals surface area contributed by atoms with E-state index >= 15 is 0 Å². The average Bonchev–Trinajstić information content (AvgIpc) is 2.59. The summed E-state index contributed by atoms with van der Waals surface area (Å²) >= 11 is 0. The molecule has 6 heteroatoms. The van der Waals surface area contributed by atoms with Gasteiger partial charge in [0.1, 0.15) is 18.1 Å². The first-order valence-corrected chi connectivity index (χ1v) is 7.52. The molecule has 0 fully saturated rings. The van der Waals surface area contributed by atoms with E-state index < -0.39 is 5.82 Å². The van der Waals surface area contributed by atoms with Crippen molar-refractivity contribution in [1.29, 1.82) is 0 Å². The monoisotopic (exact) mass is 330 g/mol. The molecule has 2 rings (SSSR count). The van der Waals surface area contributed by atoms with Crippen LogP contribution in [0.3, 0.4) is 0 Å². The first-order valence-electron chi connectivity index (χ1n) is 7.52. The molecule has 0 heterocycles. The molecule has 2 amide bonds. The van der Waals surface area contributed by atoms with E-state index in [4.69, 9.17) is 4.74 Å². The molecule has 0 saturated heterocycles. The fourth-order valence-corrected chi connectivity index (χ4v) is 2.18. The summed E-state index contributed by atoms with van der Waals surface area (Å²) in [6.45, 7) is 1.99. The lowest BCUT2D eigenvalue weighted by atomic mass is 10.2. The molecular weight excluding hydrogens is 311 g/mol. The summed E-state index contributed by atoms with van der Waals surface area (Å²) in [5.74, 6) is -0.516. The number of nitrogens with one attached hydrogen (secondary N) is 1. The average molecular weight is 330 g/mol. The molecular formula is C18H19FN2O3. The largest absolute Gasteiger partial charge is 0.497 e. The van der Waals surface area contributed by atoms with E-state index in [1.807, 2.05) is 0 Å². The molecule has 0 aliphatic rings. The standard InChI is InChI=1S/C18H19FN2O3/c1-3-21(18(23)13-5-4-6-14(19)11-13)12-17(22)20-15-7-9-16(24-2)10-8-15/h4-11H,3,12H2,1-2H3,(H,20,22).